The quantitative estimate of drug-likeness (QED) is 0.104. The summed E-state index contributed by atoms with van der Waals surface area (Å²) in [5, 5.41) is 28.3. The predicted octanol–water partition coefficient (Wildman–Crippen LogP) is -2.19. The monoisotopic (exact) mass is 461 g/mol. The number of rotatable bonds is 14. The van der Waals surface area contributed by atoms with Crippen LogP contribution in [-0.2, 0) is 24.0 Å². The molecule has 0 saturated carbocycles. The van der Waals surface area contributed by atoms with Gasteiger partial charge in [0.25, 0.3) is 0 Å². The number of hydrogen-bond donors (Lipinski definition) is 8. The van der Waals surface area contributed by atoms with Crippen molar-refractivity contribution in [1.82, 2.24) is 21.3 Å². The van der Waals surface area contributed by atoms with Crippen molar-refractivity contribution in [3.05, 3.63) is 0 Å². The van der Waals surface area contributed by atoms with Crippen LogP contribution in [0, 0.1) is 0 Å². The summed E-state index contributed by atoms with van der Waals surface area (Å²) in [5.41, 5.74) is 5.48. The average Bonchev–Trinajstić information content (AvgIpc) is 3.25. The number of nitrogens with one attached hydrogen (secondary N) is 4. The molecule has 3 amide bonds. The lowest BCUT2D eigenvalue weighted by Gasteiger charge is -2.24. The molecule has 0 bridgehead atoms. The zero-order valence-electron chi connectivity index (χ0n) is 17.1. The van der Waals surface area contributed by atoms with Crippen molar-refractivity contribution in [2.45, 2.75) is 62.7 Å². The van der Waals surface area contributed by atoms with Gasteiger partial charge in [-0.05, 0) is 45.2 Å². The lowest BCUT2D eigenvalue weighted by atomic mass is 10.1. The number of carboxylic acids is 2. The highest BCUT2D eigenvalue weighted by Crippen LogP contribution is 2.08. The SMILES string of the molecule is NCCCCC(NC(=O)C1CCCN1)C(=O)NC(CC(=O)O)C(=O)NC(CS)C(=O)O. The topological polar surface area (TPSA) is 200 Å². The second kappa shape index (κ2) is 13.8. The van der Waals surface area contributed by atoms with Crippen LogP contribution in [0.2, 0.25) is 0 Å². The van der Waals surface area contributed by atoms with E-state index in [0.29, 0.717) is 32.4 Å². The van der Waals surface area contributed by atoms with Crippen LogP contribution in [0.5, 0.6) is 0 Å². The van der Waals surface area contributed by atoms with Crippen LogP contribution in [0.15, 0.2) is 0 Å². The van der Waals surface area contributed by atoms with Crippen molar-refractivity contribution in [3.8, 4) is 0 Å². The fourth-order valence-electron chi connectivity index (χ4n) is 3.06. The molecule has 1 heterocycles. The number of amides is 3. The van der Waals surface area contributed by atoms with Gasteiger partial charge >= 0.3 is 11.9 Å². The van der Waals surface area contributed by atoms with Crippen LogP contribution in [0.1, 0.15) is 38.5 Å². The molecule has 0 aromatic rings. The molecule has 1 saturated heterocycles. The molecule has 13 heteroatoms. The number of thiol groups is 1. The number of aliphatic carboxylic acids is 2. The van der Waals surface area contributed by atoms with Crippen LogP contribution in [0.3, 0.4) is 0 Å². The highest BCUT2D eigenvalue weighted by atomic mass is 32.1. The van der Waals surface area contributed by atoms with E-state index in [2.05, 4.69) is 33.9 Å². The van der Waals surface area contributed by atoms with Gasteiger partial charge in [0.15, 0.2) is 0 Å². The van der Waals surface area contributed by atoms with Crippen LogP contribution in [-0.4, -0.2) is 82.9 Å². The van der Waals surface area contributed by atoms with Crippen molar-refractivity contribution >= 4 is 42.3 Å². The van der Waals surface area contributed by atoms with Gasteiger partial charge in [-0.1, -0.05) is 0 Å². The molecule has 31 heavy (non-hydrogen) atoms. The summed E-state index contributed by atoms with van der Waals surface area (Å²) in [6.45, 7) is 1.09. The Kier molecular flexibility index (Phi) is 11.9. The number of carbonyl (C=O) groups excluding carboxylic acids is 3. The number of unbranched alkanes of at least 4 members (excludes halogenated alkanes) is 1. The fourth-order valence-corrected chi connectivity index (χ4v) is 3.30. The zero-order valence-corrected chi connectivity index (χ0v) is 18.0. The first-order valence-electron chi connectivity index (χ1n) is 10.1. The van der Waals surface area contributed by atoms with Gasteiger partial charge in [-0.25, -0.2) is 4.79 Å². The van der Waals surface area contributed by atoms with E-state index in [-0.39, 0.29) is 18.1 Å². The number of carbonyl (C=O) groups is 5. The first-order valence-corrected chi connectivity index (χ1v) is 10.7. The van der Waals surface area contributed by atoms with Gasteiger partial charge in [-0.3, -0.25) is 19.2 Å². The Morgan fingerprint density at radius 3 is 2.16 bits per heavy atom. The summed E-state index contributed by atoms with van der Waals surface area (Å²) in [5.74, 6) is -4.99. The largest absolute Gasteiger partial charge is 0.481 e. The number of nitrogens with two attached hydrogens (primary N) is 1. The molecule has 12 nitrogen and oxygen atoms in total. The summed E-state index contributed by atoms with van der Waals surface area (Å²) in [6.07, 6.45) is 2.10. The standard InChI is InChI=1S/C18H31N5O7S/c19-6-2-1-4-11(21-15(26)10-5-3-7-20-10)16(27)22-12(8-14(24)25)17(28)23-13(9-31)18(29)30/h10-13,20,31H,1-9,19H2,(H,21,26)(H,22,27)(H,23,28)(H,24,25)(H,29,30). The molecule has 0 aliphatic carbocycles. The van der Waals surface area contributed by atoms with E-state index in [4.69, 9.17) is 15.9 Å². The lowest BCUT2D eigenvalue weighted by Crippen LogP contribution is -2.57. The molecule has 0 aromatic heterocycles. The van der Waals surface area contributed by atoms with Gasteiger partial charge in [0.1, 0.15) is 18.1 Å². The summed E-state index contributed by atoms with van der Waals surface area (Å²) in [7, 11) is 0. The molecule has 8 N–H and O–H groups in total. The van der Waals surface area contributed by atoms with Crippen LogP contribution in [0.4, 0.5) is 0 Å². The molecule has 4 unspecified atom stereocenters. The highest BCUT2D eigenvalue weighted by molar-refractivity contribution is 7.80. The van der Waals surface area contributed by atoms with E-state index in [1.807, 2.05) is 0 Å². The molecule has 1 fully saturated rings. The maximum atomic E-state index is 12.8. The van der Waals surface area contributed by atoms with Gasteiger partial charge in [-0.15, -0.1) is 0 Å². The maximum Gasteiger partial charge on any atom is 0.327 e. The molecule has 0 radical (unpaired) electrons. The van der Waals surface area contributed by atoms with E-state index < -0.39 is 54.3 Å². The first kappa shape index (κ1) is 26.7. The molecule has 4 atom stereocenters. The van der Waals surface area contributed by atoms with Gasteiger partial charge in [0, 0.05) is 5.75 Å². The second-order valence-electron chi connectivity index (χ2n) is 7.24. The smallest absolute Gasteiger partial charge is 0.327 e. The maximum absolute atomic E-state index is 12.8. The summed E-state index contributed by atoms with van der Waals surface area (Å²) in [4.78, 5) is 59.9. The third-order valence-corrected chi connectivity index (χ3v) is 5.13. The number of carboxylic acid groups (broad SMARTS) is 2. The Morgan fingerprint density at radius 1 is 1.00 bits per heavy atom. The summed E-state index contributed by atoms with van der Waals surface area (Å²) >= 11 is 3.84. The zero-order chi connectivity index (χ0) is 23.4. The Balaban J connectivity index is 2.88. The van der Waals surface area contributed by atoms with E-state index in [1.165, 1.54) is 0 Å². The number of hydrogen-bond acceptors (Lipinski definition) is 8. The lowest BCUT2D eigenvalue weighted by molar-refractivity contribution is -0.143. The Hall–Kier alpha value is -2.38. The minimum atomic E-state index is -1.52. The van der Waals surface area contributed by atoms with Gasteiger partial charge in [0.05, 0.1) is 12.5 Å². The Morgan fingerprint density at radius 2 is 1.65 bits per heavy atom. The molecule has 1 aliphatic heterocycles. The first-order chi connectivity index (χ1) is 14.7. The van der Waals surface area contributed by atoms with E-state index in [1.54, 1.807) is 0 Å². The predicted molar refractivity (Wildman–Crippen MR) is 113 cm³/mol. The molecule has 0 aromatic carbocycles. The fraction of sp³-hybridized carbons (Fsp3) is 0.722. The summed E-state index contributed by atoms with van der Waals surface area (Å²) in [6, 6.07) is -4.29. The van der Waals surface area contributed by atoms with Crippen molar-refractivity contribution in [1.29, 1.82) is 0 Å². The van der Waals surface area contributed by atoms with Crippen LogP contribution < -0.4 is 27.0 Å². The van der Waals surface area contributed by atoms with Crippen molar-refractivity contribution < 1.29 is 34.2 Å². The van der Waals surface area contributed by atoms with Gasteiger partial charge in [-0.2, -0.15) is 12.6 Å². The molecular weight excluding hydrogens is 430 g/mol. The second-order valence-corrected chi connectivity index (χ2v) is 7.60. The average molecular weight is 462 g/mol. The van der Waals surface area contributed by atoms with Crippen molar-refractivity contribution in [2.75, 3.05) is 18.8 Å². The molecule has 176 valence electrons. The van der Waals surface area contributed by atoms with Crippen LogP contribution >= 0.6 is 12.6 Å². The van der Waals surface area contributed by atoms with E-state index in [9.17, 15) is 24.0 Å². The van der Waals surface area contributed by atoms with Crippen LogP contribution in [0.25, 0.3) is 0 Å². The summed E-state index contributed by atoms with van der Waals surface area (Å²) < 4.78 is 0. The Labute approximate surface area is 185 Å². The van der Waals surface area contributed by atoms with Crippen molar-refractivity contribution in [2.24, 2.45) is 5.73 Å². The third-order valence-electron chi connectivity index (χ3n) is 4.77. The van der Waals surface area contributed by atoms with Gasteiger partial charge < -0.3 is 37.2 Å². The highest BCUT2D eigenvalue weighted by Gasteiger charge is 2.32. The molecular formula is C18H31N5O7S. The van der Waals surface area contributed by atoms with E-state index in [0.717, 1.165) is 6.42 Å². The molecule has 1 aliphatic rings. The Bertz CT molecular complexity index is 657. The third kappa shape index (κ3) is 9.53. The molecule has 1 rings (SSSR count). The minimum absolute atomic E-state index is 0.221. The normalized spacial score (nSPS) is 18.5. The van der Waals surface area contributed by atoms with E-state index >= 15 is 0 Å². The van der Waals surface area contributed by atoms with Gasteiger partial charge in [0.2, 0.25) is 17.7 Å². The van der Waals surface area contributed by atoms with Crippen molar-refractivity contribution in [3.63, 3.8) is 0 Å². The molecule has 0 spiro atoms. The minimum Gasteiger partial charge on any atom is -0.481 e.